The van der Waals surface area contributed by atoms with Crippen LogP contribution in [0, 0.1) is 6.92 Å². The van der Waals surface area contributed by atoms with Gasteiger partial charge in [-0.1, -0.05) is 46.4 Å². The number of carbonyl (C=O) groups excluding carboxylic acids is 1. The third kappa shape index (κ3) is 3.39. The fourth-order valence-corrected chi connectivity index (χ4v) is 2.52. The van der Waals surface area contributed by atoms with Gasteiger partial charge in [-0.2, -0.15) is 0 Å². The van der Waals surface area contributed by atoms with Gasteiger partial charge < -0.3 is 5.32 Å². The van der Waals surface area contributed by atoms with Gasteiger partial charge in [-0.15, -0.1) is 0 Å². The molecule has 0 spiro atoms. The molecule has 2 aromatic rings. The van der Waals surface area contributed by atoms with Gasteiger partial charge in [0, 0.05) is 10.7 Å². The number of halogens is 4. The molecule has 0 atom stereocenters. The summed E-state index contributed by atoms with van der Waals surface area (Å²) in [4.78, 5) is 12.2. The molecule has 0 aliphatic carbocycles. The van der Waals surface area contributed by atoms with Gasteiger partial charge in [0.25, 0.3) is 5.91 Å². The number of nitrogens with one attached hydrogen (secondary N) is 1. The number of hydrogen-bond acceptors (Lipinski definition) is 1. The normalized spacial score (nSPS) is 10.4. The average molecular weight is 349 g/mol. The lowest BCUT2D eigenvalue weighted by Gasteiger charge is -2.11. The summed E-state index contributed by atoms with van der Waals surface area (Å²) in [6.45, 7) is 1.82. The maximum Gasteiger partial charge on any atom is 0.257 e. The Morgan fingerprint density at radius 1 is 0.950 bits per heavy atom. The van der Waals surface area contributed by atoms with Crippen molar-refractivity contribution in [1.29, 1.82) is 0 Å². The molecule has 0 aromatic heterocycles. The van der Waals surface area contributed by atoms with Crippen LogP contribution in [0.15, 0.2) is 30.3 Å². The van der Waals surface area contributed by atoms with E-state index in [-0.39, 0.29) is 10.9 Å². The lowest BCUT2D eigenvalue weighted by molar-refractivity contribution is 0.102. The van der Waals surface area contributed by atoms with Crippen LogP contribution in [0.2, 0.25) is 20.1 Å². The Morgan fingerprint density at radius 3 is 2.25 bits per heavy atom. The number of anilines is 1. The second-order valence-electron chi connectivity index (χ2n) is 4.16. The van der Waals surface area contributed by atoms with Gasteiger partial charge in [0.15, 0.2) is 0 Å². The van der Waals surface area contributed by atoms with Crippen LogP contribution in [0.3, 0.4) is 0 Å². The van der Waals surface area contributed by atoms with Crippen molar-refractivity contribution in [2.75, 3.05) is 5.32 Å². The second kappa shape index (κ2) is 6.23. The van der Waals surface area contributed by atoms with E-state index in [1.165, 1.54) is 6.07 Å². The van der Waals surface area contributed by atoms with Crippen LogP contribution in [-0.4, -0.2) is 5.91 Å². The van der Waals surface area contributed by atoms with Crippen LogP contribution in [0.4, 0.5) is 5.69 Å². The molecule has 6 heteroatoms. The minimum absolute atomic E-state index is 0.285. The average Bonchev–Trinajstić information content (AvgIpc) is 2.35. The smallest absolute Gasteiger partial charge is 0.257 e. The summed E-state index contributed by atoms with van der Waals surface area (Å²) in [5.41, 5.74) is 1.72. The second-order valence-corrected chi connectivity index (χ2v) is 5.82. The Morgan fingerprint density at radius 2 is 1.60 bits per heavy atom. The molecule has 0 fully saturated rings. The monoisotopic (exact) mass is 347 g/mol. The van der Waals surface area contributed by atoms with E-state index in [0.717, 1.165) is 5.56 Å². The number of benzene rings is 2. The van der Waals surface area contributed by atoms with E-state index in [1.54, 1.807) is 24.3 Å². The predicted molar refractivity (Wildman–Crippen MR) is 85.6 cm³/mol. The molecule has 1 N–H and O–H groups in total. The molecule has 2 nitrogen and oxygen atoms in total. The molecule has 1 amide bonds. The SMILES string of the molecule is Cc1cc(Cl)c(Cl)cc1NC(=O)c1ccc(Cl)cc1Cl. The van der Waals surface area contributed by atoms with E-state index >= 15 is 0 Å². The molecule has 0 radical (unpaired) electrons. The molecule has 0 saturated carbocycles. The Balaban J connectivity index is 2.30. The summed E-state index contributed by atoms with van der Waals surface area (Å²) < 4.78 is 0. The standard InChI is InChI=1S/C14H9Cl4NO/c1-7-4-11(17)12(18)6-13(7)19-14(20)9-3-2-8(15)5-10(9)16/h2-6H,1H3,(H,19,20). The molecule has 104 valence electrons. The van der Waals surface area contributed by atoms with Crippen molar-refractivity contribution in [3.05, 3.63) is 61.5 Å². The van der Waals surface area contributed by atoms with Crippen LogP contribution < -0.4 is 5.32 Å². The Kier molecular flexibility index (Phi) is 4.82. The van der Waals surface area contributed by atoms with Crippen LogP contribution in [0.1, 0.15) is 15.9 Å². The number of carbonyl (C=O) groups is 1. The highest BCUT2D eigenvalue weighted by molar-refractivity contribution is 6.42. The number of rotatable bonds is 2. The fraction of sp³-hybridized carbons (Fsp3) is 0.0714. The van der Waals surface area contributed by atoms with Crippen molar-refractivity contribution < 1.29 is 4.79 Å². The number of hydrogen-bond donors (Lipinski definition) is 1. The van der Waals surface area contributed by atoms with Crippen molar-refractivity contribution in [2.24, 2.45) is 0 Å². The number of aryl methyl sites for hydroxylation is 1. The van der Waals surface area contributed by atoms with Crippen LogP contribution in [0.25, 0.3) is 0 Å². The van der Waals surface area contributed by atoms with Gasteiger partial charge in [-0.05, 0) is 42.8 Å². The van der Waals surface area contributed by atoms with Crippen LogP contribution >= 0.6 is 46.4 Å². The van der Waals surface area contributed by atoms with E-state index in [9.17, 15) is 4.79 Å². The third-order valence-electron chi connectivity index (χ3n) is 2.69. The van der Waals surface area contributed by atoms with Gasteiger partial charge in [0.1, 0.15) is 0 Å². The minimum Gasteiger partial charge on any atom is -0.322 e. The maximum absolute atomic E-state index is 12.2. The quantitative estimate of drug-likeness (QED) is 0.723. The van der Waals surface area contributed by atoms with Gasteiger partial charge in [-0.25, -0.2) is 0 Å². The first kappa shape index (κ1) is 15.5. The van der Waals surface area contributed by atoms with Crippen LogP contribution in [0.5, 0.6) is 0 Å². The van der Waals surface area contributed by atoms with Crippen LogP contribution in [-0.2, 0) is 0 Å². The lowest BCUT2D eigenvalue weighted by Crippen LogP contribution is -2.13. The summed E-state index contributed by atoms with van der Waals surface area (Å²) in [5.74, 6) is -0.340. The first-order chi connectivity index (χ1) is 9.38. The van der Waals surface area contributed by atoms with Gasteiger partial charge in [0.05, 0.1) is 20.6 Å². The highest BCUT2D eigenvalue weighted by atomic mass is 35.5. The molecular weight excluding hydrogens is 340 g/mol. The summed E-state index contributed by atoms with van der Waals surface area (Å²) in [6.07, 6.45) is 0. The topological polar surface area (TPSA) is 29.1 Å². The zero-order valence-electron chi connectivity index (χ0n) is 10.3. The molecule has 0 aliphatic heterocycles. The highest BCUT2D eigenvalue weighted by Crippen LogP contribution is 2.29. The van der Waals surface area contributed by atoms with E-state index in [0.29, 0.717) is 26.3 Å². The molecular formula is C14H9Cl4NO. The Labute approximate surface area is 136 Å². The van der Waals surface area contributed by atoms with E-state index < -0.39 is 0 Å². The highest BCUT2D eigenvalue weighted by Gasteiger charge is 2.13. The molecule has 0 bridgehead atoms. The van der Waals surface area contributed by atoms with E-state index in [1.807, 2.05) is 6.92 Å². The van der Waals surface area contributed by atoms with E-state index in [4.69, 9.17) is 46.4 Å². The summed E-state index contributed by atoms with van der Waals surface area (Å²) in [6, 6.07) is 7.96. The largest absolute Gasteiger partial charge is 0.322 e. The molecule has 0 saturated heterocycles. The predicted octanol–water partition coefficient (Wildman–Crippen LogP) is 5.86. The molecule has 2 aromatic carbocycles. The summed E-state index contributed by atoms with van der Waals surface area (Å²) in [7, 11) is 0. The lowest BCUT2D eigenvalue weighted by atomic mass is 10.1. The molecule has 0 aliphatic rings. The van der Waals surface area contributed by atoms with Crippen molar-refractivity contribution in [2.45, 2.75) is 6.92 Å². The van der Waals surface area contributed by atoms with Crippen molar-refractivity contribution in [3.8, 4) is 0 Å². The third-order valence-corrected chi connectivity index (χ3v) is 3.96. The minimum atomic E-state index is -0.340. The zero-order valence-corrected chi connectivity index (χ0v) is 13.3. The van der Waals surface area contributed by atoms with Gasteiger partial charge in [0.2, 0.25) is 0 Å². The molecule has 0 heterocycles. The molecule has 0 unspecified atom stereocenters. The fourth-order valence-electron chi connectivity index (χ4n) is 1.64. The number of amides is 1. The van der Waals surface area contributed by atoms with Gasteiger partial charge in [-0.3, -0.25) is 4.79 Å². The van der Waals surface area contributed by atoms with Crippen molar-refractivity contribution >= 4 is 58.0 Å². The first-order valence-electron chi connectivity index (χ1n) is 5.60. The van der Waals surface area contributed by atoms with Crippen molar-refractivity contribution in [3.63, 3.8) is 0 Å². The zero-order chi connectivity index (χ0) is 14.9. The summed E-state index contributed by atoms with van der Waals surface area (Å²) >= 11 is 23.6. The maximum atomic E-state index is 12.2. The Bertz CT molecular complexity index is 685. The first-order valence-corrected chi connectivity index (χ1v) is 7.11. The van der Waals surface area contributed by atoms with E-state index in [2.05, 4.69) is 5.32 Å². The Hall–Kier alpha value is -0.930. The van der Waals surface area contributed by atoms with Gasteiger partial charge >= 0.3 is 0 Å². The van der Waals surface area contributed by atoms with Crippen molar-refractivity contribution in [1.82, 2.24) is 0 Å². The molecule has 20 heavy (non-hydrogen) atoms. The summed E-state index contributed by atoms with van der Waals surface area (Å²) in [5, 5.41) is 4.31. The molecule has 2 rings (SSSR count).